The molecule has 140 valence electrons. The van der Waals surface area contributed by atoms with Gasteiger partial charge in [-0.25, -0.2) is 4.98 Å². The highest BCUT2D eigenvalue weighted by atomic mass is 15.2. The zero-order chi connectivity index (χ0) is 19.2. The second-order valence-electron chi connectivity index (χ2n) is 6.43. The van der Waals surface area contributed by atoms with E-state index in [-0.39, 0.29) is 0 Å². The van der Waals surface area contributed by atoms with Crippen LogP contribution in [0.3, 0.4) is 0 Å². The van der Waals surface area contributed by atoms with E-state index < -0.39 is 0 Å². The Hall–Kier alpha value is -3.08. The van der Waals surface area contributed by atoms with Crippen molar-refractivity contribution in [2.24, 2.45) is 0 Å². The van der Waals surface area contributed by atoms with Gasteiger partial charge in [0.2, 0.25) is 5.95 Å². The number of aromatic nitrogens is 2. The summed E-state index contributed by atoms with van der Waals surface area (Å²) in [5.41, 5.74) is 4.54. The number of rotatable bonds is 7. The molecule has 0 spiro atoms. The highest BCUT2D eigenvalue weighted by molar-refractivity contribution is 5.66. The minimum atomic E-state index is 0.656. The van der Waals surface area contributed by atoms with E-state index in [4.69, 9.17) is 0 Å². The average molecular weight is 361 g/mol. The van der Waals surface area contributed by atoms with Gasteiger partial charge in [-0.3, -0.25) is 0 Å². The summed E-state index contributed by atoms with van der Waals surface area (Å²) in [6, 6.07) is 18.5. The average Bonchev–Trinajstić information content (AvgIpc) is 2.71. The Morgan fingerprint density at radius 3 is 2.33 bits per heavy atom. The highest BCUT2D eigenvalue weighted by Gasteiger charge is 2.09. The molecule has 0 saturated heterocycles. The molecule has 0 fully saturated rings. The molecule has 0 amide bonds. The number of hydrogen-bond donors (Lipinski definition) is 1. The quantitative estimate of drug-likeness (QED) is 0.631. The van der Waals surface area contributed by atoms with Crippen LogP contribution in [0.2, 0.25) is 0 Å². The van der Waals surface area contributed by atoms with Crippen LogP contribution in [0.15, 0.2) is 60.8 Å². The molecule has 1 heterocycles. The predicted molar refractivity (Wildman–Crippen MR) is 115 cm³/mol. The van der Waals surface area contributed by atoms with Crippen LogP contribution < -0.4 is 15.1 Å². The van der Waals surface area contributed by atoms with E-state index in [1.807, 2.05) is 48.3 Å². The van der Waals surface area contributed by atoms with E-state index in [0.29, 0.717) is 5.95 Å². The molecular formula is C22H27N5. The normalized spacial score (nSPS) is 10.5. The predicted octanol–water partition coefficient (Wildman–Crippen LogP) is 5.14. The zero-order valence-corrected chi connectivity index (χ0v) is 16.5. The van der Waals surface area contributed by atoms with E-state index >= 15 is 0 Å². The van der Waals surface area contributed by atoms with Crippen molar-refractivity contribution in [1.29, 1.82) is 0 Å². The highest BCUT2D eigenvalue weighted by Crippen LogP contribution is 2.26. The smallest absolute Gasteiger partial charge is 0.231 e. The van der Waals surface area contributed by atoms with Gasteiger partial charge in [0.05, 0.1) is 0 Å². The second kappa shape index (κ2) is 8.54. The van der Waals surface area contributed by atoms with Crippen LogP contribution in [-0.4, -0.2) is 30.1 Å². The standard InChI is InChI=1S/C22H27N5/c1-5-27(6-2)19-12-13-20(17(3)16-19)24-21-14-15-23-22(25-21)26(4)18-10-8-7-9-11-18/h7-16H,5-6H2,1-4H3,(H,23,24,25). The Morgan fingerprint density at radius 2 is 1.67 bits per heavy atom. The molecule has 1 N–H and O–H groups in total. The lowest BCUT2D eigenvalue weighted by atomic mass is 10.1. The van der Waals surface area contributed by atoms with Crippen LogP contribution in [0.5, 0.6) is 0 Å². The molecule has 5 nitrogen and oxygen atoms in total. The van der Waals surface area contributed by atoms with Crippen molar-refractivity contribution in [2.75, 3.05) is 35.3 Å². The van der Waals surface area contributed by atoms with E-state index in [1.165, 1.54) is 11.3 Å². The molecule has 0 saturated carbocycles. The van der Waals surface area contributed by atoms with E-state index in [9.17, 15) is 0 Å². The summed E-state index contributed by atoms with van der Waals surface area (Å²) in [7, 11) is 1.97. The minimum absolute atomic E-state index is 0.656. The molecule has 0 aliphatic carbocycles. The number of benzene rings is 2. The maximum atomic E-state index is 4.67. The fraction of sp³-hybridized carbons (Fsp3) is 0.273. The lowest BCUT2D eigenvalue weighted by Crippen LogP contribution is -2.21. The Bertz CT molecular complexity index is 875. The Morgan fingerprint density at radius 1 is 0.926 bits per heavy atom. The summed E-state index contributed by atoms with van der Waals surface area (Å²) in [6.45, 7) is 8.48. The summed E-state index contributed by atoms with van der Waals surface area (Å²) in [5.74, 6) is 1.44. The number of anilines is 5. The van der Waals surface area contributed by atoms with Crippen LogP contribution in [-0.2, 0) is 0 Å². The van der Waals surface area contributed by atoms with Gasteiger partial charge in [0.1, 0.15) is 5.82 Å². The molecule has 5 heteroatoms. The molecule has 0 bridgehead atoms. The van der Waals surface area contributed by atoms with Crippen molar-refractivity contribution in [3.05, 3.63) is 66.4 Å². The number of hydrogen-bond acceptors (Lipinski definition) is 5. The first-order valence-electron chi connectivity index (χ1n) is 9.36. The Balaban J connectivity index is 1.80. The molecule has 0 unspecified atom stereocenters. The van der Waals surface area contributed by atoms with Gasteiger partial charge < -0.3 is 15.1 Å². The molecule has 3 aromatic rings. The van der Waals surface area contributed by atoms with Gasteiger partial charge in [0.15, 0.2) is 0 Å². The van der Waals surface area contributed by atoms with Gasteiger partial charge in [-0.05, 0) is 62.7 Å². The Kier molecular flexibility index (Phi) is 5.91. The van der Waals surface area contributed by atoms with Crippen LogP contribution >= 0.6 is 0 Å². The monoisotopic (exact) mass is 361 g/mol. The summed E-state index contributed by atoms with van der Waals surface area (Å²) < 4.78 is 0. The van der Waals surface area contributed by atoms with Crippen LogP contribution in [0.1, 0.15) is 19.4 Å². The van der Waals surface area contributed by atoms with E-state index in [0.717, 1.165) is 30.3 Å². The van der Waals surface area contributed by atoms with Gasteiger partial charge in [-0.1, -0.05) is 18.2 Å². The minimum Gasteiger partial charge on any atom is -0.372 e. The van der Waals surface area contributed by atoms with Crippen molar-refractivity contribution >= 4 is 28.8 Å². The summed E-state index contributed by atoms with van der Waals surface area (Å²) in [6.07, 6.45) is 1.78. The van der Waals surface area contributed by atoms with Gasteiger partial charge in [0.25, 0.3) is 0 Å². The van der Waals surface area contributed by atoms with Crippen LogP contribution in [0, 0.1) is 6.92 Å². The summed E-state index contributed by atoms with van der Waals surface area (Å²) in [4.78, 5) is 13.4. The summed E-state index contributed by atoms with van der Waals surface area (Å²) in [5, 5.41) is 3.42. The topological polar surface area (TPSA) is 44.3 Å². The van der Waals surface area contributed by atoms with Crippen molar-refractivity contribution < 1.29 is 0 Å². The van der Waals surface area contributed by atoms with Gasteiger partial charge in [0, 0.05) is 43.4 Å². The number of aryl methyl sites for hydroxylation is 1. The molecule has 0 atom stereocenters. The first-order chi connectivity index (χ1) is 13.1. The van der Waals surface area contributed by atoms with E-state index in [1.54, 1.807) is 6.20 Å². The fourth-order valence-electron chi connectivity index (χ4n) is 3.06. The maximum absolute atomic E-state index is 4.67. The third kappa shape index (κ3) is 4.37. The third-order valence-corrected chi connectivity index (χ3v) is 4.69. The first-order valence-corrected chi connectivity index (χ1v) is 9.36. The lowest BCUT2D eigenvalue weighted by molar-refractivity contribution is 0.866. The molecule has 3 rings (SSSR count). The molecule has 0 radical (unpaired) electrons. The van der Waals surface area contributed by atoms with Crippen molar-refractivity contribution in [2.45, 2.75) is 20.8 Å². The van der Waals surface area contributed by atoms with E-state index in [2.05, 4.69) is 59.2 Å². The second-order valence-corrected chi connectivity index (χ2v) is 6.43. The molecule has 2 aromatic carbocycles. The van der Waals surface area contributed by atoms with Crippen molar-refractivity contribution in [3.8, 4) is 0 Å². The fourth-order valence-corrected chi connectivity index (χ4v) is 3.06. The molecule has 27 heavy (non-hydrogen) atoms. The van der Waals surface area contributed by atoms with Gasteiger partial charge >= 0.3 is 0 Å². The SMILES string of the molecule is CCN(CC)c1ccc(Nc2ccnc(N(C)c3ccccc3)n2)c(C)c1. The number of nitrogens with one attached hydrogen (secondary N) is 1. The zero-order valence-electron chi connectivity index (χ0n) is 16.5. The number of para-hydroxylation sites is 1. The van der Waals surface area contributed by atoms with Gasteiger partial charge in [-0.15, -0.1) is 0 Å². The number of nitrogens with zero attached hydrogens (tertiary/aromatic N) is 4. The molecule has 1 aromatic heterocycles. The van der Waals surface area contributed by atoms with Crippen molar-refractivity contribution in [1.82, 2.24) is 9.97 Å². The first kappa shape index (κ1) is 18.7. The molecule has 0 aliphatic heterocycles. The molecular weight excluding hydrogens is 334 g/mol. The lowest BCUT2D eigenvalue weighted by Gasteiger charge is -2.22. The Labute approximate surface area is 161 Å². The largest absolute Gasteiger partial charge is 0.372 e. The molecule has 0 aliphatic rings. The van der Waals surface area contributed by atoms with Crippen molar-refractivity contribution in [3.63, 3.8) is 0 Å². The van der Waals surface area contributed by atoms with Crippen LogP contribution in [0.25, 0.3) is 0 Å². The third-order valence-electron chi connectivity index (χ3n) is 4.69. The maximum Gasteiger partial charge on any atom is 0.231 e. The van der Waals surface area contributed by atoms with Gasteiger partial charge in [-0.2, -0.15) is 4.98 Å². The summed E-state index contributed by atoms with van der Waals surface area (Å²) >= 11 is 0. The van der Waals surface area contributed by atoms with Crippen LogP contribution in [0.4, 0.5) is 28.8 Å².